The van der Waals surface area contributed by atoms with Crippen molar-refractivity contribution < 1.29 is 9.53 Å². The Labute approximate surface area is 200 Å². The Morgan fingerprint density at radius 3 is 2.03 bits per heavy atom. The van der Waals surface area contributed by atoms with Gasteiger partial charge in [0.15, 0.2) is 0 Å². The second-order valence-corrected chi connectivity index (χ2v) is 8.72. The second-order valence-electron chi connectivity index (χ2n) is 8.72. The molecule has 8 heteroatoms. The van der Waals surface area contributed by atoms with E-state index in [0.717, 1.165) is 50.9 Å². The minimum Gasteiger partial charge on any atom is -0.457 e. The van der Waals surface area contributed by atoms with E-state index < -0.39 is 0 Å². The molecule has 0 unspecified atom stereocenters. The van der Waals surface area contributed by atoms with Gasteiger partial charge in [-0.2, -0.15) is 0 Å². The maximum atomic E-state index is 13.3. The van der Waals surface area contributed by atoms with Gasteiger partial charge in [-0.15, -0.1) is 0 Å². The first-order valence-electron chi connectivity index (χ1n) is 11.8. The molecule has 3 aromatic rings. The molecule has 1 amide bonds. The zero-order chi connectivity index (χ0) is 23.3. The maximum Gasteiger partial charge on any atom is 0.257 e. The van der Waals surface area contributed by atoms with Crippen LogP contribution in [0.3, 0.4) is 0 Å². The molecule has 2 saturated heterocycles. The van der Waals surface area contributed by atoms with Gasteiger partial charge in [-0.05, 0) is 31.3 Å². The Morgan fingerprint density at radius 1 is 0.765 bits per heavy atom. The van der Waals surface area contributed by atoms with Gasteiger partial charge in [0.2, 0.25) is 0 Å². The Bertz CT molecular complexity index is 1110. The fraction of sp³-hybridized carbons (Fsp3) is 0.346. The van der Waals surface area contributed by atoms with Crippen molar-refractivity contribution >= 4 is 17.5 Å². The van der Waals surface area contributed by atoms with Crippen LogP contribution in [0.2, 0.25) is 0 Å². The third-order valence-corrected chi connectivity index (χ3v) is 6.44. The smallest absolute Gasteiger partial charge is 0.257 e. The van der Waals surface area contributed by atoms with Gasteiger partial charge in [-0.3, -0.25) is 4.79 Å². The summed E-state index contributed by atoms with van der Waals surface area (Å²) in [5, 5.41) is 0. The number of piperazine rings is 2. The summed E-state index contributed by atoms with van der Waals surface area (Å²) >= 11 is 0. The normalized spacial score (nSPS) is 17.0. The topological polar surface area (TPSA) is 65.0 Å². The number of carbonyl (C=O) groups is 1. The van der Waals surface area contributed by atoms with E-state index >= 15 is 0 Å². The van der Waals surface area contributed by atoms with Gasteiger partial charge in [0.1, 0.15) is 29.5 Å². The highest BCUT2D eigenvalue weighted by Crippen LogP contribution is 2.27. The van der Waals surface area contributed by atoms with Crippen LogP contribution in [-0.2, 0) is 0 Å². The van der Waals surface area contributed by atoms with Crippen molar-refractivity contribution in [3.05, 3.63) is 72.6 Å². The van der Waals surface area contributed by atoms with Crippen LogP contribution in [-0.4, -0.2) is 85.1 Å². The molecule has 5 rings (SSSR count). The number of rotatable bonds is 5. The number of likely N-dealkylation sites (N-methyl/N-ethyl adjacent to an activating group) is 1. The summed E-state index contributed by atoms with van der Waals surface area (Å²) in [5.41, 5.74) is 0.583. The van der Waals surface area contributed by atoms with Crippen LogP contribution < -0.4 is 14.5 Å². The molecule has 3 heterocycles. The summed E-state index contributed by atoms with van der Waals surface area (Å²) < 4.78 is 6.01. The van der Waals surface area contributed by atoms with Crippen molar-refractivity contribution in [2.75, 3.05) is 69.2 Å². The Balaban J connectivity index is 1.23. The molecular weight excluding hydrogens is 428 g/mol. The van der Waals surface area contributed by atoms with Gasteiger partial charge in [-0.25, -0.2) is 9.97 Å². The highest BCUT2D eigenvalue weighted by atomic mass is 16.5. The van der Waals surface area contributed by atoms with Gasteiger partial charge >= 0.3 is 0 Å². The molecule has 2 aliphatic heterocycles. The molecule has 0 bridgehead atoms. The number of benzene rings is 2. The Hall–Kier alpha value is -3.65. The SMILES string of the molecule is CN1CCN(c2cc(N3CCN(C(=O)c4ccccc4Oc4ccccc4)CC3)ncn2)CC1. The summed E-state index contributed by atoms with van der Waals surface area (Å²) in [7, 11) is 2.15. The average Bonchev–Trinajstić information content (AvgIpc) is 2.90. The lowest BCUT2D eigenvalue weighted by molar-refractivity contribution is 0.0744. The van der Waals surface area contributed by atoms with E-state index in [1.165, 1.54) is 0 Å². The highest BCUT2D eigenvalue weighted by Gasteiger charge is 2.26. The molecular formula is C26H30N6O2. The van der Waals surface area contributed by atoms with E-state index in [2.05, 4.69) is 37.8 Å². The summed E-state index contributed by atoms with van der Waals surface area (Å²) in [6, 6.07) is 19.1. The van der Waals surface area contributed by atoms with E-state index in [4.69, 9.17) is 4.74 Å². The van der Waals surface area contributed by atoms with Crippen molar-refractivity contribution in [1.82, 2.24) is 19.8 Å². The monoisotopic (exact) mass is 458 g/mol. The number of para-hydroxylation sites is 2. The third kappa shape index (κ3) is 4.97. The van der Waals surface area contributed by atoms with Gasteiger partial charge in [0, 0.05) is 58.4 Å². The zero-order valence-corrected chi connectivity index (χ0v) is 19.5. The molecule has 176 valence electrons. The standard InChI is InChI=1S/C26H30N6O2/c1-29-11-13-30(14-12-29)24-19-25(28-20-27-24)31-15-17-32(18-16-31)26(33)22-9-5-6-10-23(22)34-21-7-3-2-4-8-21/h2-10,19-20H,11-18H2,1H3. The van der Waals surface area contributed by atoms with Crippen LogP contribution in [0, 0.1) is 0 Å². The van der Waals surface area contributed by atoms with Crippen LogP contribution in [0.5, 0.6) is 11.5 Å². The number of nitrogens with zero attached hydrogens (tertiary/aromatic N) is 6. The van der Waals surface area contributed by atoms with Crippen LogP contribution in [0.1, 0.15) is 10.4 Å². The number of ether oxygens (including phenoxy) is 1. The zero-order valence-electron chi connectivity index (χ0n) is 19.5. The van der Waals surface area contributed by atoms with Crippen LogP contribution in [0.25, 0.3) is 0 Å². The Morgan fingerprint density at radius 2 is 1.35 bits per heavy atom. The molecule has 0 radical (unpaired) electrons. The first-order chi connectivity index (χ1) is 16.7. The molecule has 34 heavy (non-hydrogen) atoms. The number of hydrogen-bond acceptors (Lipinski definition) is 7. The second kappa shape index (κ2) is 10.1. The van der Waals surface area contributed by atoms with E-state index in [0.29, 0.717) is 30.2 Å². The van der Waals surface area contributed by atoms with Gasteiger partial charge in [0.05, 0.1) is 5.56 Å². The lowest BCUT2D eigenvalue weighted by atomic mass is 10.1. The van der Waals surface area contributed by atoms with E-state index in [1.807, 2.05) is 59.5 Å². The average molecular weight is 459 g/mol. The van der Waals surface area contributed by atoms with E-state index in [9.17, 15) is 4.79 Å². The fourth-order valence-corrected chi connectivity index (χ4v) is 4.38. The predicted octanol–water partition coefficient (Wildman–Crippen LogP) is 2.98. The van der Waals surface area contributed by atoms with Crippen LogP contribution in [0.4, 0.5) is 11.6 Å². The van der Waals surface area contributed by atoms with Gasteiger partial charge < -0.3 is 24.3 Å². The fourth-order valence-electron chi connectivity index (χ4n) is 4.38. The first-order valence-corrected chi connectivity index (χ1v) is 11.8. The van der Waals surface area contributed by atoms with Crippen molar-refractivity contribution in [1.29, 1.82) is 0 Å². The summed E-state index contributed by atoms with van der Waals surface area (Å²) in [5.74, 6) is 3.18. The van der Waals surface area contributed by atoms with E-state index in [-0.39, 0.29) is 5.91 Å². The summed E-state index contributed by atoms with van der Waals surface area (Å²) in [6.45, 7) is 6.74. The lowest BCUT2D eigenvalue weighted by Gasteiger charge is -2.36. The minimum absolute atomic E-state index is 0.00741. The van der Waals surface area contributed by atoms with Gasteiger partial charge in [-0.1, -0.05) is 30.3 Å². The summed E-state index contributed by atoms with van der Waals surface area (Å²) in [6.07, 6.45) is 1.65. The first kappa shape index (κ1) is 22.2. The molecule has 1 aromatic heterocycles. The third-order valence-electron chi connectivity index (χ3n) is 6.44. The number of carbonyl (C=O) groups excluding carboxylic acids is 1. The minimum atomic E-state index is -0.00741. The van der Waals surface area contributed by atoms with Crippen molar-refractivity contribution in [3.8, 4) is 11.5 Å². The molecule has 2 fully saturated rings. The van der Waals surface area contributed by atoms with E-state index in [1.54, 1.807) is 6.33 Å². The molecule has 0 spiro atoms. The molecule has 2 aromatic carbocycles. The predicted molar refractivity (Wildman–Crippen MR) is 133 cm³/mol. The lowest BCUT2D eigenvalue weighted by Crippen LogP contribution is -2.49. The Kier molecular flexibility index (Phi) is 6.58. The van der Waals surface area contributed by atoms with Crippen LogP contribution >= 0.6 is 0 Å². The van der Waals surface area contributed by atoms with Crippen molar-refractivity contribution in [2.24, 2.45) is 0 Å². The van der Waals surface area contributed by atoms with Gasteiger partial charge in [0.25, 0.3) is 5.91 Å². The molecule has 8 nitrogen and oxygen atoms in total. The largest absolute Gasteiger partial charge is 0.457 e. The van der Waals surface area contributed by atoms with Crippen molar-refractivity contribution in [2.45, 2.75) is 0 Å². The number of anilines is 2. The highest BCUT2D eigenvalue weighted by molar-refractivity contribution is 5.97. The summed E-state index contributed by atoms with van der Waals surface area (Å²) in [4.78, 5) is 31.1. The molecule has 0 aliphatic carbocycles. The maximum absolute atomic E-state index is 13.3. The number of hydrogen-bond donors (Lipinski definition) is 0. The molecule has 0 saturated carbocycles. The molecule has 0 N–H and O–H groups in total. The van der Waals surface area contributed by atoms with Crippen LogP contribution in [0.15, 0.2) is 67.0 Å². The molecule has 0 atom stereocenters. The molecule has 2 aliphatic rings. The quantitative estimate of drug-likeness (QED) is 0.582. The van der Waals surface area contributed by atoms with Crippen molar-refractivity contribution in [3.63, 3.8) is 0 Å². The number of amides is 1. The number of aromatic nitrogens is 2.